The maximum Gasteiger partial charge on any atom is 0.321 e. The maximum atomic E-state index is 12.9. The van der Waals surface area contributed by atoms with Crippen molar-refractivity contribution in [2.75, 3.05) is 31.5 Å². The zero-order chi connectivity index (χ0) is 14.7. The Balaban J connectivity index is 1.53. The highest BCUT2D eigenvalue weighted by Crippen LogP contribution is 2.25. The van der Waals surface area contributed by atoms with Crippen LogP contribution in [0.2, 0.25) is 0 Å². The number of benzene rings is 1. The highest BCUT2D eigenvalue weighted by atomic mass is 19.1. The number of rotatable bonds is 2. The van der Waals surface area contributed by atoms with Crippen LogP contribution in [-0.2, 0) is 0 Å². The van der Waals surface area contributed by atoms with E-state index in [2.05, 4.69) is 10.2 Å². The molecule has 2 fully saturated rings. The van der Waals surface area contributed by atoms with Crippen molar-refractivity contribution >= 4 is 11.7 Å². The van der Waals surface area contributed by atoms with Crippen LogP contribution in [0.25, 0.3) is 0 Å². The molecule has 1 aliphatic heterocycles. The lowest BCUT2D eigenvalue weighted by atomic mass is 9.91. The lowest BCUT2D eigenvalue weighted by Gasteiger charge is -2.36. The van der Waals surface area contributed by atoms with Crippen molar-refractivity contribution in [1.82, 2.24) is 9.80 Å². The summed E-state index contributed by atoms with van der Waals surface area (Å²) in [7, 11) is 0. The molecule has 5 heteroatoms. The summed E-state index contributed by atoms with van der Waals surface area (Å²) in [5, 5.41) is 2.84. The van der Waals surface area contributed by atoms with E-state index in [4.69, 9.17) is 0 Å². The molecule has 0 radical (unpaired) electrons. The number of carbonyl (C=O) groups is 1. The largest absolute Gasteiger partial charge is 0.323 e. The van der Waals surface area contributed by atoms with E-state index in [0.29, 0.717) is 5.69 Å². The fraction of sp³-hybridized carbons (Fsp3) is 0.562. The van der Waals surface area contributed by atoms with Crippen molar-refractivity contribution in [1.29, 1.82) is 0 Å². The van der Waals surface area contributed by atoms with Crippen LogP contribution in [0.1, 0.15) is 25.7 Å². The molecule has 1 aromatic rings. The summed E-state index contributed by atoms with van der Waals surface area (Å²) < 4.78 is 12.9. The Labute approximate surface area is 124 Å². The third-order valence-electron chi connectivity index (χ3n) is 4.50. The van der Waals surface area contributed by atoms with Crippen LogP contribution in [0.15, 0.2) is 24.3 Å². The molecular formula is C16H22FN3O. The Morgan fingerprint density at radius 1 is 1.05 bits per heavy atom. The van der Waals surface area contributed by atoms with E-state index in [1.807, 2.05) is 4.90 Å². The number of nitrogens with zero attached hydrogens (tertiary/aromatic N) is 2. The smallest absolute Gasteiger partial charge is 0.321 e. The van der Waals surface area contributed by atoms with Gasteiger partial charge in [0.05, 0.1) is 0 Å². The van der Waals surface area contributed by atoms with Crippen LogP contribution in [-0.4, -0.2) is 48.1 Å². The molecule has 0 spiro atoms. The molecule has 0 aromatic heterocycles. The molecule has 1 aromatic carbocycles. The van der Waals surface area contributed by atoms with Crippen molar-refractivity contribution in [3.05, 3.63) is 30.1 Å². The van der Waals surface area contributed by atoms with Gasteiger partial charge in [-0.2, -0.15) is 0 Å². The number of urea groups is 1. The van der Waals surface area contributed by atoms with E-state index in [1.165, 1.54) is 31.4 Å². The highest BCUT2D eigenvalue weighted by molar-refractivity contribution is 5.89. The molecule has 0 bridgehead atoms. The molecule has 1 N–H and O–H groups in total. The molecule has 0 unspecified atom stereocenters. The minimum absolute atomic E-state index is 0.0860. The lowest BCUT2D eigenvalue weighted by Crippen LogP contribution is -2.43. The lowest BCUT2D eigenvalue weighted by molar-refractivity contribution is 0.132. The molecule has 4 nitrogen and oxygen atoms in total. The Kier molecular flexibility index (Phi) is 4.39. The molecule has 1 saturated heterocycles. The van der Waals surface area contributed by atoms with E-state index in [9.17, 15) is 9.18 Å². The van der Waals surface area contributed by atoms with Gasteiger partial charge in [-0.3, -0.25) is 4.90 Å². The molecule has 114 valence electrons. The fourth-order valence-electron chi connectivity index (χ4n) is 2.99. The number of carbonyl (C=O) groups excluding carboxylic acids is 1. The molecule has 1 saturated carbocycles. The first-order chi connectivity index (χ1) is 10.2. The van der Waals surface area contributed by atoms with Gasteiger partial charge in [-0.25, -0.2) is 9.18 Å². The summed E-state index contributed by atoms with van der Waals surface area (Å²) >= 11 is 0. The zero-order valence-electron chi connectivity index (χ0n) is 12.2. The van der Waals surface area contributed by atoms with E-state index in [-0.39, 0.29) is 11.8 Å². The topological polar surface area (TPSA) is 35.6 Å². The van der Waals surface area contributed by atoms with Crippen LogP contribution in [0.5, 0.6) is 0 Å². The van der Waals surface area contributed by atoms with Crippen LogP contribution in [0, 0.1) is 5.82 Å². The van der Waals surface area contributed by atoms with E-state index in [0.717, 1.165) is 38.6 Å². The van der Waals surface area contributed by atoms with Crippen molar-refractivity contribution < 1.29 is 9.18 Å². The number of hydrogen-bond acceptors (Lipinski definition) is 2. The van der Waals surface area contributed by atoms with Gasteiger partial charge in [0.2, 0.25) is 0 Å². The first-order valence-corrected chi connectivity index (χ1v) is 7.78. The Hall–Kier alpha value is -1.62. The van der Waals surface area contributed by atoms with Gasteiger partial charge in [0.25, 0.3) is 0 Å². The second kappa shape index (κ2) is 6.43. The predicted octanol–water partition coefficient (Wildman–Crippen LogP) is 2.92. The molecule has 1 heterocycles. The quantitative estimate of drug-likeness (QED) is 0.909. The van der Waals surface area contributed by atoms with Crippen molar-refractivity contribution in [3.63, 3.8) is 0 Å². The van der Waals surface area contributed by atoms with Gasteiger partial charge in [-0.15, -0.1) is 0 Å². The number of nitrogens with one attached hydrogen (secondary N) is 1. The van der Waals surface area contributed by atoms with E-state index >= 15 is 0 Å². The summed E-state index contributed by atoms with van der Waals surface area (Å²) in [6, 6.07) is 6.55. The average molecular weight is 291 g/mol. The standard InChI is InChI=1S/C16H22FN3O/c17-13-5-7-14(8-6-13)18-16(21)20-10-2-9-19(11-12-20)15-3-1-4-15/h5-8,15H,1-4,9-12H2,(H,18,21). The second-order valence-electron chi connectivity index (χ2n) is 5.90. The number of anilines is 1. The third kappa shape index (κ3) is 3.53. The minimum Gasteiger partial charge on any atom is -0.323 e. The zero-order valence-corrected chi connectivity index (χ0v) is 12.2. The van der Waals surface area contributed by atoms with Crippen LogP contribution < -0.4 is 5.32 Å². The van der Waals surface area contributed by atoms with Crippen LogP contribution in [0.4, 0.5) is 14.9 Å². The van der Waals surface area contributed by atoms with Crippen molar-refractivity contribution in [2.24, 2.45) is 0 Å². The molecular weight excluding hydrogens is 269 g/mol. The summed E-state index contributed by atoms with van der Waals surface area (Å²) in [6.45, 7) is 3.60. The number of amides is 2. The maximum absolute atomic E-state index is 12.9. The summed E-state index contributed by atoms with van der Waals surface area (Å²) in [5.41, 5.74) is 0.640. The minimum atomic E-state index is -0.293. The van der Waals surface area contributed by atoms with Crippen molar-refractivity contribution in [2.45, 2.75) is 31.7 Å². The van der Waals surface area contributed by atoms with Gasteiger partial charge < -0.3 is 10.2 Å². The normalized spacial score (nSPS) is 20.7. The molecule has 0 atom stereocenters. The highest BCUT2D eigenvalue weighted by Gasteiger charge is 2.27. The molecule has 2 aliphatic rings. The number of hydrogen-bond donors (Lipinski definition) is 1. The van der Waals surface area contributed by atoms with E-state index < -0.39 is 0 Å². The first-order valence-electron chi connectivity index (χ1n) is 7.78. The Morgan fingerprint density at radius 2 is 1.81 bits per heavy atom. The van der Waals surface area contributed by atoms with Crippen LogP contribution in [0.3, 0.4) is 0 Å². The van der Waals surface area contributed by atoms with Gasteiger partial charge >= 0.3 is 6.03 Å². The molecule has 1 aliphatic carbocycles. The monoisotopic (exact) mass is 291 g/mol. The van der Waals surface area contributed by atoms with Gasteiger partial charge in [0.15, 0.2) is 0 Å². The molecule has 2 amide bonds. The second-order valence-corrected chi connectivity index (χ2v) is 5.90. The summed E-state index contributed by atoms with van der Waals surface area (Å²) in [6.07, 6.45) is 4.98. The first kappa shape index (κ1) is 14.3. The predicted molar refractivity (Wildman–Crippen MR) is 80.8 cm³/mol. The van der Waals surface area contributed by atoms with Gasteiger partial charge in [0, 0.05) is 37.9 Å². The Bertz CT molecular complexity index is 487. The van der Waals surface area contributed by atoms with Gasteiger partial charge in [-0.05, 0) is 43.5 Å². The summed E-state index contributed by atoms with van der Waals surface area (Å²) in [4.78, 5) is 16.7. The Morgan fingerprint density at radius 3 is 2.48 bits per heavy atom. The SMILES string of the molecule is O=C(Nc1ccc(F)cc1)N1CCCN(C2CCC2)CC1. The van der Waals surface area contributed by atoms with Crippen molar-refractivity contribution in [3.8, 4) is 0 Å². The molecule has 21 heavy (non-hydrogen) atoms. The third-order valence-corrected chi connectivity index (χ3v) is 4.50. The molecule has 3 rings (SSSR count). The number of halogens is 1. The fourth-order valence-corrected chi connectivity index (χ4v) is 2.99. The average Bonchev–Trinajstić information content (AvgIpc) is 2.66. The van der Waals surface area contributed by atoms with Crippen LogP contribution >= 0.6 is 0 Å². The van der Waals surface area contributed by atoms with E-state index in [1.54, 1.807) is 12.1 Å². The summed E-state index contributed by atoms with van der Waals surface area (Å²) in [5.74, 6) is -0.293. The van der Waals surface area contributed by atoms with Gasteiger partial charge in [-0.1, -0.05) is 6.42 Å². The van der Waals surface area contributed by atoms with Gasteiger partial charge in [0.1, 0.15) is 5.82 Å².